The number of rotatable bonds is 7. The summed E-state index contributed by atoms with van der Waals surface area (Å²) in [5.41, 5.74) is 0.826. The maximum absolute atomic E-state index is 10.2. The molecule has 10 nitrogen and oxygen atoms in total. The van der Waals surface area contributed by atoms with Gasteiger partial charge in [-0.1, -0.05) is 0 Å². The molecule has 5 N–H and O–H groups in total. The Kier molecular flexibility index (Phi) is 5.34. The number of aromatic nitrogens is 4. The summed E-state index contributed by atoms with van der Waals surface area (Å²) >= 11 is 0. The van der Waals surface area contributed by atoms with E-state index >= 15 is 0 Å². The molecule has 0 radical (unpaired) electrons. The van der Waals surface area contributed by atoms with Crippen molar-refractivity contribution in [3.8, 4) is 0 Å². The van der Waals surface area contributed by atoms with Gasteiger partial charge in [0.15, 0.2) is 11.9 Å². The van der Waals surface area contributed by atoms with E-state index in [-0.39, 0.29) is 0 Å². The predicted molar refractivity (Wildman–Crippen MR) is 72.5 cm³/mol. The van der Waals surface area contributed by atoms with Crippen LogP contribution in [0.4, 0.5) is 0 Å². The molecular weight excluding hydrogens is 296 g/mol. The first-order valence-electron chi connectivity index (χ1n) is 6.49. The minimum absolute atomic E-state index is 0.366. The molecule has 0 amide bonds. The van der Waals surface area contributed by atoms with E-state index in [1.165, 1.54) is 30.5 Å². The first-order valence-corrected chi connectivity index (χ1v) is 6.49. The number of aliphatic hydroxyl groups is 5. The molecule has 2 rings (SSSR count). The van der Waals surface area contributed by atoms with Crippen molar-refractivity contribution in [2.24, 2.45) is 0 Å². The van der Waals surface area contributed by atoms with Crippen molar-refractivity contribution in [2.45, 2.75) is 30.6 Å². The second kappa shape index (κ2) is 7.05. The molecule has 0 aliphatic rings. The van der Waals surface area contributed by atoms with Gasteiger partial charge in [0.05, 0.1) is 19.1 Å². The lowest BCUT2D eigenvalue weighted by atomic mass is 10.0. The summed E-state index contributed by atoms with van der Waals surface area (Å²) < 4.78 is 6.51. The van der Waals surface area contributed by atoms with Crippen molar-refractivity contribution in [1.82, 2.24) is 19.5 Å². The molecule has 2 heterocycles. The van der Waals surface area contributed by atoms with Crippen molar-refractivity contribution in [1.29, 1.82) is 0 Å². The van der Waals surface area contributed by atoms with Gasteiger partial charge in [0.25, 0.3) is 0 Å². The molecule has 0 aromatic carbocycles. The molecule has 122 valence electrons. The summed E-state index contributed by atoms with van der Waals surface area (Å²) in [6, 6.07) is 0. The Morgan fingerprint density at radius 1 is 1.14 bits per heavy atom. The van der Waals surface area contributed by atoms with Crippen LogP contribution in [0, 0.1) is 0 Å². The fourth-order valence-corrected chi connectivity index (χ4v) is 2.09. The number of nitrogens with zero attached hydrogens (tertiary/aromatic N) is 4. The molecule has 0 saturated carbocycles. The van der Waals surface area contributed by atoms with Crippen LogP contribution in [0.1, 0.15) is 6.23 Å². The average molecular weight is 314 g/mol. The molecule has 10 heteroatoms. The van der Waals surface area contributed by atoms with Crippen LogP contribution in [0.2, 0.25) is 0 Å². The average Bonchev–Trinajstić information content (AvgIpc) is 2.97. The van der Waals surface area contributed by atoms with Crippen molar-refractivity contribution in [3.63, 3.8) is 0 Å². The van der Waals surface area contributed by atoms with Crippen molar-refractivity contribution in [2.75, 3.05) is 13.7 Å². The zero-order valence-corrected chi connectivity index (χ0v) is 11.8. The fourth-order valence-electron chi connectivity index (χ4n) is 2.09. The zero-order chi connectivity index (χ0) is 16.3. The minimum atomic E-state index is -1.76. The lowest BCUT2D eigenvalue weighted by Crippen LogP contribution is -2.49. The molecule has 0 saturated heterocycles. The van der Waals surface area contributed by atoms with Crippen LogP contribution in [0.25, 0.3) is 11.2 Å². The normalized spacial score (nSPS) is 18.8. The first kappa shape index (κ1) is 16.7. The highest BCUT2D eigenvalue weighted by atomic mass is 16.5. The summed E-state index contributed by atoms with van der Waals surface area (Å²) in [6.07, 6.45) is -3.71. The van der Waals surface area contributed by atoms with Crippen LogP contribution in [-0.4, -0.2) is 83.2 Å². The summed E-state index contributed by atoms with van der Waals surface area (Å²) in [7, 11) is 1.29. The van der Waals surface area contributed by atoms with Crippen LogP contribution >= 0.6 is 0 Å². The fraction of sp³-hybridized carbons (Fsp3) is 0.583. The number of imidazole rings is 1. The van der Waals surface area contributed by atoms with Gasteiger partial charge in [-0.2, -0.15) is 0 Å². The molecular formula is C12H18N4O6. The first-order chi connectivity index (χ1) is 10.5. The Hall–Kier alpha value is -1.69. The van der Waals surface area contributed by atoms with Gasteiger partial charge >= 0.3 is 0 Å². The van der Waals surface area contributed by atoms with E-state index in [1.54, 1.807) is 0 Å². The smallest absolute Gasteiger partial charge is 0.165 e. The third kappa shape index (κ3) is 3.06. The van der Waals surface area contributed by atoms with Gasteiger partial charge in [0.2, 0.25) is 0 Å². The van der Waals surface area contributed by atoms with Crippen LogP contribution in [0.5, 0.6) is 0 Å². The molecule has 0 spiro atoms. The van der Waals surface area contributed by atoms with Gasteiger partial charge in [-0.15, -0.1) is 0 Å². The zero-order valence-electron chi connectivity index (χ0n) is 11.8. The van der Waals surface area contributed by atoms with Crippen LogP contribution < -0.4 is 0 Å². The molecule has 22 heavy (non-hydrogen) atoms. The van der Waals surface area contributed by atoms with Gasteiger partial charge in [-0.05, 0) is 0 Å². The molecule has 2 aromatic rings. The number of methoxy groups -OCH3 is 1. The molecule has 5 atom stereocenters. The van der Waals surface area contributed by atoms with E-state index < -0.39 is 37.3 Å². The maximum Gasteiger partial charge on any atom is 0.165 e. The molecule has 0 aliphatic heterocycles. The highest BCUT2D eigenvalue weighted by Crippen LogP contribution is 2.22. The summed E-state index contributed by atoms with van der Waals surface area (Å²) in [5, 5.41) is 48.0. The summed E-state index contributed by atoms with van der Waals surface area (Å²) in [5.74, 6) is 0. The highest BCUT2D eigenvalue weighted by molar-refractivity contribution is 5.68. The van der Waals surface area contributed by atoms with E-state index in [0.717, 1.165) is 0 Å². The Balaban J connectivity index is 2.27. The predicted octanol–water partition coefficient (Wildman–Crippen LogP) is -2.59. The summed E-state index contributed by atoms with van der Waals surface area (Å²) in [4.78, 5) is 11.9. The Morgan fingerprint density at radius 3 is 2.50 bits per heavy atom. The van der Waals surface area contributed by atoms with E-state index in [1.807, 2.05) is 0 Å². The molecule has 0 fully saturated rings. The largest absolute Gasteiger partial charge is 0.394 e. The number of fused-ring (bicyclic) bond motifs is 1. The van der Waals surface area contributed by atoms with Gasteiger partial charge in [-0.3, -0.25) is 4.57 Å². The Labute approximate surface area is 125 Å². The highest BCUT2D eigenvalue weighted by Gasteiger charge is 2.36. The minimum Gasteiger partial charge on any atom is -0.394 e. The van der Waals surface area contributed by atoms with Crippen LogP contribution in [0.3, 0.4) is 0 Å². The molecule has 0 bridgehead atoms. The number of ether oxygens (including phenoxy) is 1. The van der Waals surface area contributed by atoms with Gasteiger partial charge in [0, 0.05) is 7.11 Å². The molecule has 0 aliphatic carbocycles. The quantitative estimate of drug-likeness (QED) is 0.370. The van der Waals surface area contributed by atoms with E-state index in [9.17, 15) is 20.4 Å². The van der Waals surface area contributed by atoms with E-state index in [4.69, 9.17) is 9.84 Å². The monoisotopic (exact) mass is 314 g/mol. The number of hydrogen-bond acceptors (Lipinski definition) is 9. The van der Waals surface area contributed by atoms with Gasteiger partial charge < -0.3 is 30.3 Å². The Morgan fingerprint density at radius 2 is 1.86 bits per heavy atom. The van der Waals surface area contributed by atoms with Crippen LogP contribution in [0.15, 0.2) is 18.9 Å². The number of hydrogen-bond donors (Lipinski definition) is 5. The number of aliphatic hydroxyl groups excluding tert-OH is 5. The lowest BCUT2D eigenvalue weighted by molar-refractivity contribution is -0.161. The third-order valence-electron chi connectivity index (χ3n) is 3.33. The lowest BCUT2D eigenvalue weighted by Gasteiger charge is -2.30. The van der Waals surface area contributed by atoms with E-state index in [0.29, 0.717) is 11.2 Å². The standard InChI is InChI=1S/C12H18N4O6/c1-22-12(10(21)9(20)8(19)7(18)3-17)16-5-15-6-2-13-4-14-11(6)16/h2,4-5,7-10,12,17-21H,3H2,1H3. The van der Waals surface area contributed by atoms with Gasteiger partial charge in [-0.25, -0.2) is 15.0 Å². The summed E-state index contributed by atoms with van der Waals surface area (Å²) in [6.45, 7) is -0.760. The third-order valence-corrected chi connectivity index (χ3v) is 3.33. The second-order valence-corrected chi connectivity index (χ2v) is 4.73. The maximum atomic E-state index is 10.2. The molecule has 2 aromatic heterocycles. The SMILES string of the molecule is COC(C(O)C(O)C(O)C(O)CO)n1cnc2cncnc21. The second-order valence-electron chi connectivity index (χ2n) is 4.73. The topological polar surface area (TPSA) is 154 Å². The van der Waals surface area contributed by atoms with Crippen LogP contribution in [-0.2, 0) is 4.74 Å². The Bertz CT molecular complexity index is 608. The van der Waals surface area contributed by atoms with Crippen molar-refractivity contribution < 1.29 is 30.3 Å². The van der Waals surface area contributed by atoms with Crippen molar-refractivity contribution >= 4 is 11.2 Å². The van der Waals surface area contributed by atoms with Gasteiger partial charge in [0.1, 0.15) is 36.3 Å². The molecule has 5 unspecified atom stereocenters. The van der Waals surface area contributed by atoms with Crippen molar-refractivity contribution in [3.05, 3.63) is 18.9 Å². The van der Waals surface area contributed by atoms with E-state index in [2.05, 4.69) is 15.0 Å².